The summed E-state index contributed by atoms with van der Waals surface area (Å²) in [4.78, 5) is 19.3. The highest BCUT2D eigenvalue weighted by atomic mass is 16.5. The van der Waals surface area contributed by atoms with Gasteiger partial charge >= 0.3 is 0 Å². The smallest absolute Gasteiger partial charge is 0.255 e. The molecule has 4 rings (SSSR count). The maximum atomic E-state index is 12.6. The SMILES string of the molecule is CC(C)c1nc2cc(NC(=O)c3ccc(N4CCOCC4)cc3)ccc2o1. The zero-order valence-electron chi connectivity index (χ0n) is 15.6. The lowest BCUT2D eigenvalue weighted by molar-refractivity contribution is 0.102. The molecule has 1 aromatic heterocycles. The lowest BCUT2D eigenvalue weighted by Crippen LogP contribution is -2.36. The standard InChI is InChI=1S/C21H23N3O3/c1-14(2)21-23-18-13-16(5-8-19(18)27-21)22-20(25)15-3-6-17(7-4-15)24-9-11-26-12-10-24/h3-8,13-14H,9-12H2,1-2H3,(H,22,25). The average molecular weight is 365 g/mol. The fourth-order valence-corrected chi connectivity index (χ4v) is 3.12. The molecule has 1 saturated heterocycles. The van der Waals surface area contributed by atoms with E-state index in [9.17, 15) is 4.79 Å². The van der Waals surface area contributed by atoms with Crippen LogP contribution in [0.4, 0.5) is 11.4 Å². The number of anilines is 2. The Kier molecular flexibility index (Phi) is 4.81. The van der Waals surface area contributed by atoms with Crippen LogP contribution in [0.3, 0.4) is 0 Å². The van der Waals surface area contributed by atoms with Crippen molar-refractivity contribution in [3.05, 3.63) is 53.9 Å². The first kappa shape index (κ1) is 17.5. The molecular formula is C21H23N3O3. The number of benzene rings is 2. The van der Waals surface area contributed by atoms with Gasteiger partial charge in [0.05, 0.1) is 13.2 Å². The van der Waals surface area contributed by atoms with Crippen LogP contribution in [0, 0.1) is 0 Å². The molecule has 0 atom stereocenters. The van der Waals surface area contributed by atoms with Crippen molar-refractivity contribution in [3.8, 4) is 0 Å². The topological polar surface area (TPSA) is 67.6 Å². The summed E-state index contributed by atoms with van der Waals surface area (Å²) in [5.74, 6) is 0.781. The van der Waals surface area contributed by atoms with Crippen LogP contribution >= 0.6 is 0 Å². The van der Waals surface area contributed by atoms with E-state index in [0.29, 0.717) is 17.1 Å². The van der Waals surface area contributed by atoms with E-state index in [1.165, 1.54) is 0 Å². The Morgan fingerprint density at radius 2 is 1.85 bits per heavy atom. The van der Waals surface area contributed by atoms with Crippen LogP contribution in [-0.4, -0.2) is 37.2 Å². The van der Waals surface area contributed by atoms with Crippen LogP contribution in [0.1, 0.15) is 36.0 Å². The van der Waals surface area contributed by atoms with Crippen LogP contribution in [0.5, 0.6) is 0 Å². The number of ether oxygens (including phenoxy) is 1. The van der Waals surface area contributed by atoms with E-state index in [1.807, 2.05) is 56.3 Å². The molecule has 0 unspecified atom stereocenters. The van der Waals surface area contributed by atoms with Crippen molar-refractivity contribution in [2.75, 3.05) is 36.5 Å². The number of aromatic nitrogens is 1. The number of morpholine rings is 1. The number of hydrogen-bond acceptors (Lipinski definition) is 5. The lowest BCUT2D eigenvalue weighted by atomic mass is 10.1. The van der Waals surface area contributed by atoms with Crippen molar-refractivity contribution in [2.24, 2.45) is 0 Å². The Labute approximate surface area is 158 Å². The molecule has 0 aliphatic carbocycles. The summed E-state index contributed by atoms with van der Waals surface area (Å²) in [7, 11) is 0. The summed E-state index contributed by atoms with van der Waals surface area (Å²) >= 11 is 0. The van der Waals surface area contributed by atoms with Crippen molar-refractivity contribution < 1.29 is 13.9 Å². The van der Waals surface area contributed by atoms with Crippen molar-refractivity contribution in [1.82, 2.24) is 4.98 Å². The highest BCUT2D eigenvalue weighted by molar-refractivity contribution is 6.05. The van der Waals surface area contributed by atoms with Gasteiger partial charge in [-0.1, -0.05) is 13.8 Å². The van der Waals surface area contributed by atoms with Crippen LogP contribution in [0.15, 0.2) is 46.9 Å². The van der Waals surface area contributed by atoms with Gasteiger partial charge in [0.25, 0.3) is 5.91 Å². The zero-order chi connectivity index (χ0) is 18.8. The Balaban J connectivity index is 1.47. The number of fused-ring (bicyclic) bond motifs is 1. The maximum absolute atomic E-state index is 12.6. The number of nitrogens with one attached hydrogen (secondary N) is 1. The molecule has 140 valence electrons. The molecular weight excluding hydrogens is 342 g/mol. The van der Waals surface area contributed by atoms with Gasteiger partial charge in [-0.15, -0.1) is 0 Å². The quantitative estimate of drug-likeness (QED) is 0.756. The molecule has 2 heterocycles. The summed E-state index contributed by atoms with van der Waals surface area (Å²) in [6.07, 6.45) is 0. The van der Waals surface area contributed by atoms with E-state index < -0.39 is 0 Å². The molecule has 1 aliphatic rings. The molecule has 0 radical (unpaired) electrons. The molecule has 3 aromatic rings. The van der Waals surface area contributed by atoms with Gasteiger partial charge in [-0.25, -0.2) is 4.98 Å². The number of carbonyl (C=O) groups excluding carboxylic acids is 1. The Bertz CT molecular complexity index is 941. The highest BCUT2D eigenvalue weighted by Crippen LogP contribution is 2.24. The van der Waals surface area contributed by atoms with Gasteiger partial charge in [0.15, 0.2) is 11.5 Å². The maximum Gasteiger partial charge on any atom is 0.255 e. The van der Waals surface area contributed by atoms with E-state index in [4.69, 9.17) is 9.15 Å². The summed E-state index contributed by atoms with van der Waals surface area (Å²) in [6.45, 7) is 7.31. The second kappa shape index (κ2) is 7.40. The molecule has 6 heteroatoms. The first-order chi connectivity index (χ1) is 13.1. The summed E-state index contributed by atoms with van der Waals surface area (Å²) in [5.41, 5.74) is 3.91. The van der Waals surface area contributed by atoms with E-state index in [-0.39, 0.29) is 11.8 Å². The average Bonchev–Trinajstić information content (AvgIpc) is 3.12. The van der Waals surface area contributed by atoms with Crippen LogP contribution in [-0.2, 0) is 4.74 Å². The van der Waals surface area contributed by atoms with Gasteiger partial charge in [0.2, 0.25) is 0 Å². The van der Waals surface area contributed by atoms with Crippen molar-refractivity contribution in [3.63, 3.8) is 0 Å². The van der Waals surface area contributed by atoms with Gasteiger partial charge in [0, 0.05) is 35.9 Å². The van der Waals surface area contributed by atoms with E-state index >= 15 is 0 Å². The van der Waals surface area contributed by atoms with Crippen LogP contribution in [0.25, 0.3) is 11.1 Å². The number of rotatable bonds is 4. The number of oxazole rings is 1. The second-order valence-corrected chi connectivity index (χ2v) is 6.99. The predicted molar refractivity (Wildman–Crippen MR) is 106 cm³/mol. The van der Waals surface area contributed by atoms with Crippen LogP contribution in [0.2, 0.25) is 0 Å². The molecule has 2 aromatic carbocycles. The van der Waals surface area contributed by atoms with E-state index in [2.05, 4.69) is 15.2 Å². The minimum atomic E-state index is -0.143. The summed E-state index contributed by atoms with van der Waals surface area (Å²) < 4.78 is 11.1. The van der Waals surface area contributed by atoms with Gasteiger partial charge in [-0.3, -0.25) is 4.79 Å². The Hall–Kier alpha value is -2.86. The number of amides is 1. The summed E-state index contributed by atoms with van der Waals surface area (Å²) in [6, 6.07) is 13.2. The van der Waals surface area contributed by atoms with Gasteiger partial charge in [-0.05, 0) is 42.5 Å². The molecule has 0 bridgehead atoms. The number of carbonyl (C=O) groups is 1. The molecule has 1 aliphatic heterocycles. The number of nitrogens with zero attached hydrogens (tertiary/aromatic N) is 2. The van der Waals surface area contributed by atoms with Crippen LogP contribution < -0.4 is 10.2 Å². The van der Waals surface area contributed by atoms with Crippen molar-refractivity contribution >= 4 is 28.4 Å². The van der Waals surface area contributed by atoms with Gasteiger partial charge in [0.1, 0.15) is 5.52 Å². The Morgan fingerprint density at radius 1 is 1.11 bits per heavy atom. The Morgan fingerprint density at radius 3 is 2.56 bits per heavy atom. The van der Waals surface area contributed by atoms with Gasteiger partial charge < -0.3 is 19.4 Å². The lowest BCUT2D eigenvalue weighted by Gasteiger charge is -2.28. The normalized spacial score (nSPS) is 14.7. The third kappa shape index (κ3) is 3.80. The van der Waals surface area contributed by atoms with E-state index in [1.54, 1.807) is 0 Å². The predicted octanol–water partition coefficient (Wildman–Crippen LogP) is 4.04. The third-order valence-corrected chi connectivity index (χ3v) is 4.66. The van der Waals surface area contributed by atoms with Crippen molar-refractivity contribution in [1.29, 1.82) is 0 Å². The number of hydrogen-bond donors (Lipinski definition) is 1. The highest BCUT2D eigenvalue weighted by Gasteiger charge is 2.14. The van der Waals surface area contributed by atoms with Gasteiger partial charge in [-0.2, -0.15) is 0 Å². The second-order valence-electron chi connectivity index (χ2n) is 6.99. The van der Waals surface area contributed by atoms with E-state index in [0.717, 1.165) is 43.1 Å². The molecule has 6 nitrogen and oxygen atoms in total. The molecule has 1 N–H and O–H groups in total. The largest absolute Gasteiger partial charge is 0.440 e. The molecule has 0 saturated carbocycles. The third-order valence-electron chi connectivity index (χ3n) is 4.66. The molecule has 0 spiro atoms. The monoisotopic (exact) mass is 365 g/mol. The molecule has 1 fully saturated rings. The molecule has 1 amide bonds. The zero-order valence-corrected chi connectivity index (χ0v) is 15.6. The fraction of sp³-hybridized carbons (Fsp3) is 0.333. The minimum absolute atomic E-state index is 0.143. The first-order valence-corrected chi connectivity index (χ1v) is 9.25. The molecule has 27 heavy (non-hydrogen) atoms. The fourth-order valence-electron chi connectivity index (χ4n) is 3.12. The first-order valence-electron chi connectivity index (χ1n) is 9.25. The van der Waals surface area contributed by atoms with Crippen molar-refractivity contribution in [2.45, 2.75) is 19.8 Å². The summed E-state index contributed by atoms with van der Waals surface area (Å²) in [5, 5.41) is 2.93. The minimum Gasteiger partial charge on any atom is -0.440 e.